The van der Waals surface area contributed by atoms with Gasteiger partial charge in [-0.1, -0.05) is 103 Å². The maximum atomic E-state index is 12.9. The number of rotatable bonds is 22. The van der Waals surface area contributed by atoms with E-state index in [9.17, 15) is 14.4 Å². The van der Waals surface area contributed by atoms with Gasteiger partial charge in [0.1, 0.15) is 17.8 Å². The first-order valence-corrected chi connectivity index (χ1v) is 18.6. The predicted octanol–water partition coefficient (Wildman–Crippen LogP) is 8.09. The van der Waals surface area contributed by atoms with Crippen LogP contribution in [0.25, 0.3) is 0 Å². The Kier molecular flexibility index (Phi) is 17.0. The zero-order valence-corrected chi connectivity index (χ0v) is 26.3. The number of carbonyl (C=O) groups excluding carboxylic acids is 3. The van der Waals surface area contributed by atoms with Crippen LogP contribution < -0.4 is 0 Å². The molecule has 7 heteroatoms. The number of Topliss-reactive ketones (excluding diaryl/α,β-unsaturated/α-hetero) is 1. The van der Waals surface area contributed by atoms with Crippen molar-refractivity contribution >= 4 is 26.0 Å². The predicted molar refractivity (Wildman–Crippen MR) is 157 cm³/mol. The summed E-state index contributed by atoms with van der Waals surface area (Å²) in [6, 6.07) is 0. The van der Waals surface area contributed by atoms with Crippen molar-refractivity contribution in [2.45, 2.75) is 154 Å². The van der Waals surface area contributed by atoms with E-state index >= 15 is 0 Å². The summed E-state index contributed by atoms with van der Waals surface area (Å²) in [4.78, 5) is 36.6. The molecule has 0 aromatic carbocycles. The van der Waals surface area contributed by atoms with E-state index < -0.39 is 37.9 Å². The van der Waals surface area contributed by atoms with Gasteiger partial charge in [-0.15, -0.1) is 0 Å². The molecule has 220 valence electrons. The summed E-state index contributed by atoms with van der Waals surface area (Å²) in [5.74, 6) is -1.71. The third-order valence-corrected chi connectivity index (χ3v) is 8.24. The zero-order valence-electron chi connectivity index (χ0n) is 25.3. The summed E-state index contributed by atoms with van der Waals surface area (Å²) < 4.78 is 17.4. The highest BCUT2D eigenvalue weighted by Gasteiger charge is 2.53. The van der Waals surface area contributed by atoms with Gasteiger partial charge in [-0.25, -0.2) is 0 Å². The molecular formula is C31H56O6Si. The van der Waals surface area contributed by atoms with E-state index in [1.54, 1.807) is 6.08 Å². The Bertz CT molecular complexity index is 728. The third kappa shape index (κ3) is 14.1. The molecule has 0 fully saturated rings. The molecule has 0 aliphatic heterocycles. The fourth-order valence-electron chi connectivity index (χ4n) is 5.36. The van der Waals surface area contributed by atoms with Crippen molar-refractivity contribution in [1.29, 1.82) is 0 Å². The first-order chi connectivity index (χ1) is 18.0. The van der Waals surface area contributed by atoms with Gasteiger partial charge in [0.2, 0.25) is 0 Å². The van der Waals surface area contributed by atoms with E-state index in [0.29, 0.717) is 6.42 Å². The molecule has 1 rings (SSSR count). The van der Waals surface area contributed by atoms with Crippen LogP contribution in [-0.2, 0) is 28.3 Å². The van der Waals surface area contributed by atoms with E-state index in [-0.39, 0.29) is 18.6 Å². The van der Waals surface area contributed by atoms with Crippen LogP contribution in [0.15, 0.2) is 12.2 Å². The van der Waals surface area contributed by atoms with Crippen LogP contribution in [0.1, 0.15) is 123 Å². The van der Waals surface area contributed by atoms with E-state index in [0.717, 1.165) is 12.8 Å². The topological polar surface area (TPSA) is 78.9 Å². The highest BCUT2D eigenvalue weighted by molar-refractivity contribution is 6.69. The summed E-state index contributed by atoms with van der Waals surface area (Å²) >= 11 is 0. The largest absolute Gasteiger partial charge is 0.469 e. The van der Waals surface area contributed by atoms with Crippen molar-refractivity contribution < 1.29 is 28.3 Å². The molecule has 0 saturated carbocycles. The molecule has 38 heavy (non-hydrogen) atoms. The first-order valence-electron chi connectivity index (χ1n) is 15.2. The molecule has 0 radical (unpaired) electrons. The number of hydrogen-bond acceptors (Lipinski definition) is 6. The molecule has 0 bridgehead atoms. The lowest BCUT2D eigenvalue weighted by Crippen LogP contribution is -2.51. The van der Waals surface area contributed by atoms with E-state index in [4.69, 9.17) is 13.9 Å². The molecule has 0 heterocycles. The normalized spacial score (nSPS) is 21.0. The molecule has 0 N–H and O–H groups in total. The molecule has 0 saturated heterocycles. The van der Waals surface area contributed by atoms with Crippen molar-refractivity contribution in [3.05, 3.63) is 12.2 Å². The molecule has 0 aromatic heterocycles. The molecule has 3 atom stereocenters. The molecule has 0 aromatic rings. The van der Waals surface area contributed by atoms with Gasteiger partial charge in [-0.2, -0.15) is 0 Å². The van der Waals surface area contributed by atoms with Gasteiger partial charge in [0.05, 0.1) is 19.1 Å². The minimum atomic E-state index is -2.05. The number of hydrogen-bond donors (Lipinski definition) is 0. The van der Waals surface area contributed by atoms with Crippen LogP contribution in [0.4, 0.5) is 0 Å². The summed E-state index contributed by atoms with van der Waals surface area (Å²) in [6.45, 7) is 10.0. The van der Waals surface area contributed by atoms with Crippen molar-refractivity contribution in [2.75, 3.05) is 7.11 Å². The number of ether oxygens (including phenoxy) is 2. The Morgan fingerprint density at radius 1 is 0.789 bits per heavy atom. The first kappa shape index (κ1) is 34.6. The smallest absolute Gasteiger partial charge is 0.316 e. The molecule has 0 unspecified atom stereocenters. The van der Waals surface area contributed by atoms with Crippen LogP contribution >= 0.6 is 0 Å². The number of carbonyl (C=O) groups is 3. The van der Waals surface area contributed by atoms with Crippen LogP contribution in [-0.4, -0.2) is 44.9 Å². The molecule has 1 aliphatic carbocycles. The standard InChI is InChI=1S/C31H56O6Si/c1-7-8-9-10-11-12-13-14-15-16-17-18-19-20-24-31(37-38(4,5)6)25-23-27(29(31)30(34)35-3)36-28(33)22-21-26(2)32/h23,25,27,29H,7-22,24H2,1-6H3/t27-,29-,31-/m0/s1. The van der Waals surface area contributed by atoms with Crippen molar-refractivity contribution in [3.63, 3.8) is 0 Å². The Hall–Kier alpha value is -1.47. The Morgan fingerprint density at radius 2 is 1.29 bits per heavy atom. The monoisotopic (exact) mass is 552 g/mol. The molecule has 0 amide bonds. The van der Waals surface area contributed by atoms with Crippen molar-refractivity contribution in [3.8, 4) is 0 Å². The minimum Gasteiger partial charge on any atom is -0.469 e. The Labute approximate surface area is 233 Å². The average Bonchev–Trinajstić information content (AvgIpc) is 3.18. The van der Waals surface area contributed by atoms with Gasteiger partial charge in [0.25, 0.3) is 0 Å². The molecule has 0 spiro atoms. The second kappa shape index (κ2) is 18.7. The Morgan fingerprint density at radius 3 is 1.74 bits per heavy atom. The van der Waals surface area contributed by atoms with Crippen LogP contribution in [0.3, 0.4) is 0 Å². The fraction of sp³-hybridized carbons (Fsp3) is 0.839. The van der Waals surface area contributed by atoms with Gasteiger partial charge < -0.3 is 18.7 Å². The average molecular weight is 553 g/mol. The maximum absolute atomic E-state index is 12.9. The van der Waals surface area contributed by atoms with Crippen molar-refractivity contribution in [2.24, 2.45) is 5.92 Å². The van der Waals surface area contributed by atoms with Crippen LogP contribution in [0.2, 0.25) is 19.6 Å². The van der Waals surface area contributed by atoms with E-state index in [1.807, 2.05) is 6.08 Å². The SMILES string of the molecule is CCCCCCCCCCCCCCCC[C@]1(O[Si](C)(C)C)C=C[C@H](OC(=O)CCC(C)=O)[C@H]1C(=O)OC. The van der Waals surface area contributed by atoms with Crippen LogP contribution in [0, 0.1) is 5.92 Å². The highest BCUT2D eigenvalue weighted by atomic mass is 28.4. The quantitative estimate of drug-likeness (QED) is 0.0584. The molecule has 1 aliphatic rings. The zero-order chi connectivity index (χ0) is 28.4. The van der Waals surface area contributed by atoms with Gasteiger partial charge >= 0.3 is 11.9 Å². The lowest BCUT2D eigenvalue weighted by atomic mass is 9.84. The van der Waals surface area contributed by atoms with Gasteiger partial charge in [-0.05, 0) is 39.1 Å². The summed E-state index contributed by atoms with van der Waals surface area (Å²) in [5.41, 5.74) is -0.833. The van der Waals surface area contributed by atoms with Gasteiger partial charge in [0.15, 0.2) is 8.32 Å². The second-order valence-corrected chi connectivity index (χ2v) is 16.5. The second-order valence-electron chi connectivity index (χ2n) is 12.0. The van der Waals surface area contributed by atoms with E-state index in [1.165, 1.54) is 91.1 Å². The lowest BCUT2D eigenvalue weighted by Gasteiger charge is -2.40. The number of methoxy groups -OCH3 is 1. The van der Waals surface area contributed by atoms with Crippen LogP contribution in [0.5, 0.6) is 0 Å². The minimum absolute atomic E-state index is 0.00834. The van der Waals surface area contributed by atoms with Gasteiger partial charge in [0, 0.05) is 6.42 Å². The Balaban J connectivity index is 2.54. The fourth-order valence-corrected chi connectivity index (χ4v) is 6.80. The maximum Gasteiger partial charge on any atom is 0.316 e. The van der Waals surface area contributed by atoms with E-state index in [2.05, 4.69) is 26.6 Å². The molecular weight excluding hydrogens is 496 g/mol. The summed E-state index contributed by atoms with van der Waals surface area (Å²) in [7, 11) is -0.684. The summed E-state index contributed by atoms with van der Waals surface area (Å²) in [6.07, 6.45) is 21.8. The number of esters is 2. The molecule has 6 nitrogen and oxygen atoms in total. The van der Waals surface area contributed by atoms with Crippen molar-refractivity contribution in [1.82, 2.24) is 0 Å². The highest BCUT2D eigenvalue weighted by Crippen LogP contribution is 2.42. The lowest BCUT2D eigenvalue weighted by molar-refractivity contribution is -0.164. The number of ketones is 1. The van der Waals surface area contributed by atoms with Gasteiger partial charge in [-0.3, -0.25) is 9.59 Å². The summed E-state index contributed by atoms with van der Waals surface area (Å²) in [5, 5.41) is 0. The third-order valence-electron chi connectivity index (χ3n) is 7.24. The number of unbranched alkanes of at least 4 members (excludes halogenated alkanes) is 13.